The van der Waals surface area contributed by atoms with E-state index in [-0.39, 0.29) is 11.5 Å². The molecule has 2 N–H and O–H groups in total. The third kappa shape index (κ3) is 3.51. The molecule has 0 unspecified atom stereocenters. The Morgan fingerprint density at radius 1 is 1.19 bits per heavy atom. The van der Waals surface area contributed by atoms with Crippen LogP contribution >= 0.6 is 0 Å². The van der Waals surface area contributed by atoms with Gasteiger partial charge in [-0.2, -0.15) is 0 Å². The Morgan fingerprint density at radius 3 is 2.67 bits per heavy atom. The maximum Gasteiger partial charge on any atom is 0.335 e. The molecule has 1 heterocycles. The SMILES string of the molecule is CCc1occc1C(=O)NCCc1ccccc1C(=O)O. The van der Waals surface area contributed by atoms with Crippen LogP contribution in [-0.4, -0.2) is 23.5 Å². The Bertz CT molecular complexity index is 645. The van der Waals surface area contributed by atoms with Crippen LogP contribution in [0.3, 0.4) is 0 Å². The molecule has 2 rings (SSSR count). The number of nitrogens with one attached hydrogen (secondary N) is 1. The predicted octanol–water partition coefficient (Wildman–Crippen LogP) is 2.51. The van der Waals surface area contributed by atoms with Crippen LogP contribution in [0.2, 0.25) is 0 Å². The van der Waals surface area contributed by atoms with Crippen LogP contribution in [0, 0.1) is 0 Å². The van der Waals surface area contributed by atoms with Crippen LogP contribution in [0.5, 0.6) is 0 Å². The molecule has 1 aromatic heterocycles. The summed E-state index contributed by atoms with van der Waals surface area (Å²) in [6.45, 7) is 2.29. The van der Waals surface area contributed by atoms with Crippen LogP contribution in [0.1, 0.15) is 39.0 Å². The molecule has 0 aliphatic rings. The summed E-state index contributed by atoms with van der Waals surface area (Å²) in [6.07, 6.45) is 2.61. The third-order valence-corrected chi connectivity index (χ3v) is 3.24. The van der Waals surface area contributed by atoms with Gasteiger partial charge in [0.2, 0.25) is 0 Å². The topological polar surface area (TPSA) is 79.5 Å². The molecule has 0 aliphatic heterocycles. The van der Waals surface area contributed by atoms with E-state index in [1.807, 2.05) is 6.92 Å². The van der Waals surface area contributed by atoms with Crippen molar-refractivity contribution in [3.63, 3.8) is 0 Å². The lowest BCUT2D eigenvalue weighted by molar-refractivity contribution is 0.0695. The Morgan fingerprint density at radius 2 is 1.95 bits per heavy atom. The molecule has 0 fully saturated rings. The molecule has 0 saturated heterocycles. The van der Waals surface area contributed by atoms with Gasteiger partial charge in [0.05, 0.1) is 17.4 Å². The summed E-state index contributed by atoms with van der Waals surface area (Å²) < 4.78 is 5.21. The molecule has 0 aliphatic carbocycles. The lowest BCUT2D eigenvalue weighted by Crippen LogP contribution is -2.26. The maximum absolute atomic E-state index is 12.0. The number of benzene rings is 1. The van der Waals surface area contributed by atoms with Crippen LogP contribution in [0.4, 0.5) is 0 Å². The van der Waals surface area contributed by atoms with Gasteiger partial charge >= 0.3 is 5.97 Å². The number of hydrogen-bond donors (Lipinski definition) is 2. The number of furan rings is 1. The number of hydrogen-bond acceptors (Lipinski definition) is 3. The number of amides is 1. The van der Waals surface area contributed by atoms with Gasteiger partial charge in [-0.3, -0.25) is 4.79 Å². The summed E-state index contributed by atoms with van der Waals surface area (Å²) in [5.41, 5.74) is 1.50. The minimum Gasteiger partial charge on any atom is -0.478 e. The summed E-state index contributed by atoms with van der Waals surface area (Å²) in [6, 6.07) is 8.43. The largest absolute Gasteiger partial charge is 0.478 e. The minimum absolute atomic E-state index is 0.201. The Hall–Kier alpha value is -2.56. The minimum atomic E-state index is -0.958. The van der Waals surface area contributed by atoms with Crippen molar-refractivity contribution in [2.75, 3.05) is 6.54 Å². The zero-order chi connectivity index (χ0) is 15.2. The highest BCUT2D eigenvalue weighted by atomic mass is 16.4. The fourth-order valence-electron chi connectivity index (χ4n) is 2.17. The van der Waals surface area contributed by atoms with E-state index in [4.69, 9.17) is 9.52 Å². The Kier molecular flexibility index (Phi) is 4.77. The zero-order valence-electron chi connectivity index (χ0n) is 11.8. The molecular weight excluding hydrogens is 270 g/mol. The fraction of sp³-hybridized carbons (Fsp3) is 0.250. The number of aryl methyl sites for hydroxylation is 1. The second-order valence-electron chi connectivity index (χ2n) is 4.58. The number of carboxylic acids is 1. The molecule has 0 atom stereocenters. The molecule has 0 spiro atoms. The van der Waals surface area contributed by atoms with Gasteiger partial charge in [-0.15, -0.1) is 0 Å². The molecule has 1 amide bonds. The number of carboxylic acid groups (broad SMARTS) is 1. The van der Waals surface area contributed by atoms with E-state index in [1.165, 1.54) is 6.26 Å². The smallest absolute Gasteiger partial charge is 0.335 e. The van der Waals surface area contributed by atoms with Gasteiger partial charge in [0, 0.05) is 13.0 Å². The maximum atomic E-state index is 12.0. The molecule has 5 nitrogen and oxygen atoms in total. The number of carbonyl (C=O) groups is 2. The van der Waals surface area contributed by atoms with Crippen LogP contribution < -0.4 is 5.32 Å². The van der Waals surface area contributed by atoms with Crippen molar-refractivity contribution in [1.82, 2.24) is 5.32 Å². The predicted molar refractivity (Wildman–Crippen MR) is 77.5 cm³/mol. The van der Waals surface area contributed by atoms with E-state index in [0.717, 1.165) is 0 Å². The first kappa shape index (κ1) is 14.8. The van der Waals surface area contributed by atoms with Crippen LogP contribution in [-0.2, 0) is 12.8 Å². The van der Waals surface area contributed by atoms with Crippen LogP contribution in [0.15, 0.2) is 41.0 Å². The third-order valence-electron chi connectivity index (χ3n) is 3.24. The molecule has 1 aromatic carbocycles. The lowest BCUT2D eigenvalue weighted by Gasteiger charge is -2.07. The van der Waals surface area contributed by atoms with Gasteiger partial charge < -0.3 is 14.8 Å². The van der Waals surface area contributed by atoms with Gasteiger partial charge in [-0.1, -0.05) is 25.1 Å². The Balaban J connectivity index is 1.96. The monoisotopic (exact) mass is 287 g/mol. The van der Waals surface area contributed by atoms with E-state index in [0.29, 0.717) is 36.3 Å². The summed E-state index contributed by atoms with van der Waals surface area (Å²) in [7, 11) is 0. The molecule has 21 heavy (non-hydrogen) atoms. The van der Waals surface area contributed by atoms with E-state index in [9.17, 15) is 9.59 Å². The van der Waals surface area contributed by atoms with Crippen molar-refractivity contribution >= 4 is 11.9 Å². The second kappa shape index (κ2) is 6.74. The summed E-state index contributed by atoms with van der Waals surface area (Å²) in [5.74, 6) is -0.508. The number of aromatic carboxylic acids is 1. The molecule has 2 aromatic rings. The van der Waals surface area contributed by atoms with Crippen molar-refractivity contribution in [1.29, 1.82) is 0 Å². The van der Waals surface area contributed by atoms with E-state index >= 15 is 0 Å². The first-order chi connectivity index (χ1) is 10.1. The van der Waals surface area contributed by atoms with Crippen LogP contribution in [0.25, 0.3) is 0 Å². The zero-order valence-corrected chi connectivity index (χ0v) is 11.8. The quantitative estimate of drug-likeness (QED) is 0.855. The second-order valence-corrected chi connectivity index (χ2v) is 4.58. The van der Waals surface area contributed by atoms with Crippen molar-refractivity contribution < 1.29 is 19.1 Å². The van der Waals surface area contributed by atoms with E-state index in [2.05, 4.69) is 5.32 Å². The highest BCUT2D eigenvalue weighted by Gasteiger charge is 2.13. The van der Waals surface area contributed by atoms with Crippen molar-refractivity contribution in [2.45, 2.75) is 19.8 Å². The highest BCUT2D eigenvalue weighted by molar-refractivity contribution is 5.95. The standard InChI is InChI=1S/C16H17NO4/c1-2-14-13(8-10-21-14)15(18)17-9-7-11-5-3-4-6-12(11)16(19)20/h3-6,8,10H,2,7,9H2,1H3,(H,17,18)(H,19,20). The van der Waals surface area contributed by atoms with E-state index < -0.39 is 5.97 Å². The van der Waals surface area contributed by atoms with Crippen molar-refractivity contribution in [3.05, 3.63) is 59.0 Å². The molecule has 110 valence electrons. The van der Waals surface area contributed by atoms with Gasteiger partial charge in [0.1, 0.15) is 5.76 Å². The summed E-state index contributed by atoms with van der Waals surface area (Å²) in [4.78, 5) is 23.1. The number of rotatable bonds is 6. The normalized spacial score (nSPS) is 10.3. The van der Waals surface area contributed by atoms with Gasteiger partial charge in [0.15, 0.2) is 0 Å². The average molecular weight is 287 g/mol. The fourth-order valence-corrected chi connectivity index (χ4v) is 2.17. The molecule has 0 bridgehead atoms. The van der Waals surface area contributed by atoms with E-state index in [1.54, 1.807) is 30.3 Å². The first-order valence-electron chi connectivity index (χ1n) is 6.79. The molecular formula is C16H17NO4. The van der Waals surface area contributed by atoms with Gasteiger partial charge in [-0.25, -0.2) is 4.79 Å². The first-order valence-corrected chi connectivity index (χ1v) is 6.79. The lowest BCUT2D eigenvalue weighted by atomic mass is 10.0. The van der Waals surface area contributed by atoms with Crippen molar-refractivity contribution in [2.24, 2.45) is 0 Å². The Labute approximate surface area is 122 Å². The van der Waals surface area contributed by atoms with Gasteiger partial charge in [0.25, 0.3) is 5.91 Å². The molecule has 0 radical (unpaired) electrons. The average Bonchev–Trinajstić information content (AvgIpc) is 2.96. The highest BCUT2D eigenvalue weighted by Crippen LogP contribution is 2.12. The van der Waals surface area contributed by atoms with Gasteiger partial charge in [-0.05, 0) is 24.1 Å². The molecule has 5 heteroatoms. The number of carbonyl (C=O) groups excluding carboxylic acids is 1. The molecule has 0 saturated carbocycles. The summed E-state index contributed by atoms with van der Waals surface area (Å²) in [5, 5.41) is 11.9. The van der Waals surface area contributed by atoms with Crippen molar-refractivity contribution in [3.8, 4) is 0 Å². The summed E-state index contributed by atoms with van der Waals surface area (Å²) >= 11 is 0.